The van der Waals surface area contributed by atoms with E-state index in [1.165, 1.54) is 18.2 Å². The number of nitrogens with zero attached hydrogens (tertiary/aromatic N) is 1. The number of hydrogen-bond acceptors (Lipinski definition) is 2. The van der Waals surface area contributed by atoms with E-state index >= 15 is 0 Å². The van der Waals surface area contributed by atoms with Gasteiger partial charge in [0.25, 0.3) is 0 Å². The van der Waals surface area contributed by atoms with Crippen LogP contribution in [0.25, 0.3) is 0 Å². The molecule has 21 heavy (non-hydrogen) atoms. The monoisotopic (exact) mass is 306 g/mol. The summed E-state index contributed by atoms with van der Waals surface area (Å²) in [5, 5.41) is 11.7. The van der Waals surface area contributed by atoms with Crippen molar-refractivity contribution in [3.63, 3.8) is 0 Å². The molecule has 0 heterocycles. The van der Waals surface area contributed by atoms with Crippen LogP contribution in [0.4, 0.5) is 10.5 Å². The SMILES string of the molecule is C#CCN(CC1CC1)C(=O)Nc1ccc(C(=O)O)cc1Cl. The van der Waals surface area contributed by atoms with Gasteiger partial charge in [-0.3, -0.25) is 0 Å². The van der Waals surface area contributed by atoms with Crippen LogP contribution in [0, 0.1) is 18.3 Å². The van der Waals surface area contributed by atoms with E-state index in [4.69, 9.17) is 23.1 Å². The van der Waals surface area contributed by atoms with Crippen molar-refractivity contribution in [2.75, 3.05) is 18.4 Å². The van der Waals surface area contributed by atoms with Crippen molar-refractivity contribution in [2.24, 2.45) is 5.92 Å². The molecule has 0 unspecified atom stereocenters. The number of carboxylic acid groups (broad SMARTS) is 1. The average Bonchev–Trinajstić information content (AvgIpc) is 3.24. The number of terminal acetylenes is 1. The molecule has 1 fully saturated rings. The fourth-order valence-electron chi connectivity index (χ4n) is 1.89. The Morgan fingerprint density at radius 2 is 2.19 bits per heavy atom. The molecule has 0 radical (unpaired) electrons. The summed E-state index contributed by atoms with van der Waals surface area (Å²) < 4.78 is 0. The summed E-state index contributed by atoms with van der Waals surface area (Å²) in [4.78, 5) is 24.6. The number of urea groups is 1. The van der Waals surface area contributed by atoms with E-state index in [0.29, 0.717) is 18.2 Å². The maximum Gasteiger partial charge on any atom is 0.335 e. The second kappa shape index (κ2) is 6.51. The van der Waals surface area contributed by atoms with Crippen molar-refractivity contribution < 1.29 is 14.7 Å². The molecule has 0 aromatic heterocycles. The number of carboxylic acids is 1. The molecule has 1 aromatic rings. The number of amides is 2. The minimum Gasteiger partial charge on any atom is -0.478 e. The lowest BCUT2D eigenvalue weighted by Gasteiger charge is -2.21. The molecule has 0 aliphatic heterocycles. The van der Waals surface area contributed by atoms with Gasteiger partial charge < -0.3 is 15.3 Å². The van der Waals surface area contributed by atoms with Gasteiger partial charge >= 0.3 is 12.0 Å². The van der Waals surface area contributed by atoms with E-state index in [1.807, 2.05) is 0 Å². The second-order valence-corrected chi connectivity index (χ2v) is 5.37. The number of rotatable bonds is 5. The summed E-state index contributed by atoms with van der Waals surface area (Å²) in [6, 6.07) is 3.82. The van der Waals surface area contributed by atoms with Crippen molar-refractivity contribution in [3.05, 3.63) is 28.8 Å². The lowest BCUT2D eigenvalue weighted by atomic mass is 10.2. The predicted octanol–water partition coefficient (Wildman–Crippen LogP) is 2.92. The highest BCUT2D eigenvalue weighted by molar-refractivity contribution is 6.34. The third kappa shape index (κ3) is 4.14. The zero-order valence-electron chi connectivity index (χ0n) is 11.3. The zero-order chi connectivity index (χ0) is 15.4. The van der Waals surface area contributed by atoms with Gasteiger partial charge in [-0.25, -0.2) is 9.59 Å². The molecule has 2 amide bonds. The molecule has 5 nitrogen and oxygen atoms in total. The van der Waals surface area contributed by atoms with E-state index in [9.17, 15) is 9.59 Å². The molecule has 0 bridgehead atoms. The molecule has 1 aromatic carbocycles. The van der Waals surface area contributed by atoms with Gasteiger partial charge in [-0.1, -0.05) is 17.5 Å². The van der Waals surface area contributed by atoms with Crippen molar-refractivity contribution in [1.29, 1.82) is 0 Å². The van der Waals surface area contributed by atoms with Crippen LogP contribution in [0.2, 0.25) is 5.02 Å². The Balaban J connectivity index is 2.06. The number of aromatic carboxylic acids is 1. The maximum atomic E-state index is 12.2. The minimum absolute atomic E-state index is 0.0662. The van der Waals surface area contributed by atoms with Gasteiger partial charge in [0, 0.05) is 6.54 Å². The van der Waals surface area contributed by atoms with Crippen LogP contribution >= 0.6 is 11.6 Å². The third-order valence-electron chi connectivity index (χ3n) is 3.20. The van der Waals surface area contributed by atoms with Crippen LogP contribution in [0.3, 0.4) is 0 Å². The molecule has 1 aliphatic rings. The molecule has 6 heteroatoms. The Kier molecular flexibility index (Phi) is 4.71. The van der Waals surface area contributed by atoms with Crippen molar-refractivity contribution >= 4 is 29.3 Å². The largest absolute Gasteiger partial charge is 0.478 e. The molecule has 2 rings (SSSR count). The van der Waals surface area contributed by atoms with Crippen molar-refractivity contribution in [2.45, 2.75) is 12.8 Å². The highest BCUT2D eigenvalue weighted by Crippen LogP contribution is 2.30. The lowest BCUT2D eigenvalue weighted by Crippen LogP contribution is -2.36. The van der Waals surface area contributed by atoms with Gasteiger partial charge in [-0.05, 0) is 37.0 Å². The van der Waals surface area contributed by atoms with Gasteiger partial charge in [0.2, 0.25) is 0 Å². The fourth-order valence-corrected chi connectivity index (χ4v) is 2.11. The third-order valence-corrected chi connectivity index (χ3v) is 3.52. The number of carbonyl (C=O) groups excluding carboxylic acids is 1. The highest BCUT2D eigenvalue weighted by Gasteiger charge is 2.26. The van der Waals surface area contributed by atoms with Crippen LogP contribution < -0.4 is 5.32 Å². The van der Waals surface area contributed by atoms with Gasteiger partial charge in [0.15, 0.2) is 0 Å². The Labute approximate surface area is 127 Å². The average molecular weight is 307 g/mol. The first-order valence-corrected chi connectivity index (χ1v) is 6.91. The lowest BCUT2D eigenvalue weighted by molar-refractivity contribution is 0.0697. The Morgan fingerprint density at radius 1 is 1.48 bits per heavy atom. The van der Waals surface area contributed by atoms with Gasteiger partial charge in [0.05, 0.1) is 22.8 Å². The Bertz CT molecular complexity index is 605. The molecule has 0 atom stereocenters. The number of halogens is 1. The van der Waals surface area contributed by atoms with Crippen LogP contribution in [-0.4, -0.2) is 35.1 Å². The summed E-state index contributed by atoms with van der Waals surface area (Å²) in [6.07, 6.45) is 7.50. The summed E-state index contributed by atoms with van der Waals surface area (Å²) in [7, 11) is 0. The predicted molar refractivity (Wildman–Crippen MR) is 80.6 cm³/mol. The summed E-state index contributed by atoms with van der Waals surface area (Å²) in [5.74, 6) is 1.91. The molecular weight excluding hydrogens is 292 g/mol. The van der Waals surface area contributed by atoms with Crippen LogP contribution in [0.15, 0.2) is 18.2 Å². The van der Waals surface area contributed by atoms with E-state index in [1.54, 1.807) is 4.90 Å². The van der Waals surface area contributed by atoms with Gasteiger partial charge in [-0.2, -0.15) is 0 Å². The normalized spacial score (nSPS) is 13.3. The highest BCUT2D eigenvalue weighted by atomic mass is 35.5. The number of hydrogen-bond donors (Lipinski definition) is 2. The first-order valence-electron chi connectivity index (χ1n) is 6.53. The second-order valence-electron chi connectivity index (χ2n) is 4.96. The molecule has 1 saturated carbocycles. The minimum atomic E-state index is -1.07. The van der Waals surface area contributed by atoms with Crippen LogP contribution in [0.5, 0.6) is 0 Å². The van der Waals surface area contributed by atoms with E-state index in [-0.39, 0.29) is 23.2 Å². The molecule has 0 spiro atoms. The fraction of sp³-hybridized carbons (Fsp3) is 0.333. The summed E-state index contributed by atoms with van der Waals surface area (Å²) >= 11 is 5.98. The summed E-state index contributed by atoms with van der Waals surface area (Å²) in [5.41, 5.74) is 0.431. The van der Waals surface area contributed by atoms with Crippen molar-refractivity contribution in [1.82, 2.24) is 4.90 Å². The van der Waals surface area contributed by atoms with E-state index in [2.05, 4.69) is 11.2 Å². The molecule has 0 saturated heterocycles. The van der Waals surface area contributed by atoms with Crippen LogP contribution in [0.1, 0.15) is 23.2 Å². The van der Waals surface area contributed by atoms with Crippen molar-refractivity contribution in [3.8, 4) is 12.3 Å². The standard InChI is InChI=1S/C15H15ClN2O3/c1-2-7-18(9-10-3-4-10)15(21)17-13-6-5-11(14(19)20)8-12(13)16/h1,5-6,8,10H,3-4,7,9H2,(H,17,21)(H,19,20). The van der Waals surface area contributed by atoms with E-state index < -0.39 is 5.97 Å². The van der Waals surface area contributed by atoms with Gasteiger partial charge in [-0.15, -0.1) is 6.42 Å². The van der Waals surface area contributed by atoms with E-state index in [0.717, 1.165) is 12.8 Å². The smallest absolute Gasteiger partial charge is 0.335 e. The number of anilines is 1. The molecule has 110 valence electrons. The summed E-state index contributed by atoms with van der Waals surface area (Å²) in [6.45, 7) is 0.855. The molecule has 2 N–H and O–H groups in total. The molecular formula is C15H15ClN2O3. The number of carbonyl (C=O) groups is 2. The molecule has 1 aliphatic carbocycles. The first-order chi connectivity index (χ1) is 10.0. The van der Waals surface area contributed by atoms with Gasteiger partial charge in [0.1, 0.15) is 0 Å². The number of nitrogens with one attached hydrogen (secondary N) is 1. The Morgan fingerprint density at radius 3 is 2.71 bits per heavy atom. The maximum absolute atomic E-state index is 12.2. The quantitative estimate of drug-likeness (QED) is 0.822. The topological polar surface area (TPSA) is 69.6 Å². The number of benzene rings is 1. The zero-order valence-corrected chi connectivity index (χ0v) is 12.1. The Hall–Kier alpha value is -2.19. The first kappa shape index (κ1) is 15.2. The van der Waals surface area contributed by atoms with Crippen LogP contribution in [-0.2, 0) is 0 Å².